The Bertz CT molecular complexity index is 361. The highest BCUT2D eigenvalue weighted by atomic mass is 14.3. The molecule has 0 atom stereocenters. The Hall–Kier alpha value is -1.04. The van der Waals surface area contributed by atoms with Gasteiger partial charge in [0.1, 0.15) is 0 Å². The van der Waals surface area contributed by atoms with Crippen LogP contribution in [0.15, 0.2) is 46.6 Å². The van der Waals surface area contributed by atoms with Gasteiger partial charge in [0.15, 0.2) is 0 Å². The highest BCUT2D eigenvalue weighted by molar-refractivity contribution is 5.59. The van der Waals surface area contributed by atoms with E-state index in [1.54, 1.807) is 16.7 Å². The molecule has 0 amide bonds. The molecule has 3 aliphatic carbocycles. The van der Waals surface area contributed by atoms with Crippen molar-refractivity contribution in [1.29, 1.82) is 0 Å². The second-order valence-electron chi connectivity index (χ2n) is 3.91. The minimum absolute atomic E-state index is 1.23. The third kappa shape index (κ3) is 1.05. The maximum Gasteiger partial charge on any atom is 0.0131 e. The highest BCUT2D eigenvalue weighted by Gasteiger charge is 2.21. The van der Waals surface area contributed by atoms with Gasteiger partial charge in [-0.05, 0) is 48.0 Å². The Labute approximate surface area is 79.3 Å². The summed E-state index contributed by atoms with van der Waals surface area (Å²) < 4.78 is 0. The summed E-state index contributed by atoms with van der Waals surface area (Å²) in [7, 11) is 0. The zero-order valence-corrected chi connectivity index (χ0v) is 7.72. The van der Waals surface area contributed by atoms with E-state index < -0.39 is 0 Å². The van der Waals surface area contributed by atoms with Crippen LogP contribution in [0.25, 0.3) is 0 Å². The molecule has 0 nitrogen and oxygen atoms in total. The molecular weight excluding hydrogens is 156 g/mol. The lowest BCUT2D eigenvalue weighted by molar-refractivity contribution is 0.851. The summed E-state index contributed by atoms with van der Waals surface area (Å²) in [5.74, 6) is 0. The van der Waals surface area contributed by atoms with Crippen molar-refractivity contribution in [2.24, 2.45) is 0 Å². The normalized spacial score (nSPS) is 25.2. The molecule has 13 heavy (non-hydrogen) atoms. The second-order valence-corrected chi connectivity index (χ2v) is 3.91. The van der Waals surface area contributed by atoms with Crippen LogP contribution >= 0.6 is 0 Å². The summed E-state index contributed by atoms with van der Waals surface area (Å²) in [5, 5.41) is 0. The molecule has 0 heteroatoms. The van der Waals surface area contributed by atoms with Gasteiger partial charge < -0.3 is 0 Å². The van der Waals surface area contributed by atoms with Gasteiger partial charge in [-0.2, -0.15) is 0 Å². The number of fused-ring (bicyclic) bond motifs is 1. The van der Waals surface area contributed by atoms with Gasteiger partial charge in [-0.1, -0.05) is 24.3 Å². The van der Waals surface area contributed by atoms with E-state index in [-0.39, 0.29) is 0 Å². The fourth-order valence-electron chi connectivity index (χ4n) is 2.50. The molecule has 0 aliphatic heterocycles. The molecule has 0 bridgehead atoms. The van der Waals surface area contributed by atoms with Gasteiger partial charge in [0.05, 0.1) is 0 Å². The SMILES string of the molecule is [CH]1C=CC2=C1C1=C(C=CCC1)CC2. The summed E-state index contributed by atoms with van der Waals surface area (Å²) >= 11 is 0. The molecule has 0 spiro atoms. The largest absolute Gasteiger partial charge is 0.0839 e. The third-order valence-corrected chi connectivity index (χ3v) is 3.16. The lowest BCUT2D eigenvalue weighted by Crippen LogP contribution is -2.04. The molecule has 1 radical (unpaired) electrons. The molecule has 0 heterocycles. The van der Waals surface area contributed by atoms with E-state index in [2.05, 4.69) is 30.7 Å². The first-order valence-corrected chi connectivity index (χ1v) is 5.08. The van der Waals surface area contributed by atoms with Crippen LogP contribution in [0.4, 0.5) is 0 Å². The standard InChI is InChI=1S/C13H13/c1-2-6-12-10(4-1)8-9-11-5-3-7-13(11)12/h1,3-5,7H,2,6,8-9H2. The Kier molecular flexibility index (Phi) is 1.55. The van der Waals surface area contributed by atoms with Crippen LogP contribution < -0.4 is 0 Å². The molecule has 0 aromatic heterocycles. The van der Waals surface area contributed by atoms with Crippen LogP contribution in [-0.4, -0.2) is 0 Å². The van der Waals surface area contributed by atoms with E-state index in [1.807, 2.05) is 0 Å². The van der Waals surface area contributed by atoms with E-state index in [0.29, 0.717) is 0 Å². The topological polar surface area (TPSA) is 0 Å². The number of rotatable bonds is 0. The zero-order valence-electron chi connectivity index (χ0n) is 7.72. The summed E-state index contributed by atoms with van der Waals surface area (Å²) in [5.41, 5.74) is 6.30. The van der Waals surface area contributed by atoms with Crippen LogP contribution in [-0.2, 0) is 0 Å². The molecule has 0 unspecified atom stereocenters. The molecule has 3 rings (SSSR count). The quantitative estimate of drug-likeness (QED) is 0.520. The smallest absolute Gasteiger partial charge is 0.0131 e. The maximum absolute atomic E-state index is 2.33. The Morgan fingerprint density at radius 3 is 2.85 bits per heavy atom. The van der Waals surface area contributed by atoms with Crippen LogP contribution in [0.2, 0.25) is 0 Å². The molecular formula is C13H13. The molecule has 0 N–H and O–H groups in total. The summed E-state index contributed by atoms with van der Waals surface area (Å²) in [6.45, 7) is 0. The van der Waals surface area contributed by atoms with E-state index in [9.17, 15) is 0 Å². The van der Waals surface area contributed by atoms with Crippen molar-refractivity contribution < 1.29 is 0 Å². The minimum atomic E-state index is 1.23. The van der Waals surface area contributed by atoms with Crippen molar-refractivity contribution in [2.45, 2.75) is 25.7 Å². The fraction of sp³-hybridized carbons (Fsp3) is 0.308. The molecule has 3 aliphatic rings. The van der Waals surface area contributed by atoms with Crippen molar-refractivity contribution >= 4 is 0 Å². The molecule has 0 saturated carbocycles. The third-order valence-electron chi connectivity index (χ3n) is 3.16. The van der Waals surface area contributed by atoms with E-state index in [0.717, 1.165) is 0 Å². The summed E-state index contributed by atoms with van der Waals surface area (Å²) in [6, 6.07) is 0. The van der Waals surface area contributed by atoms with E-state index in [1.165, 1.54) is 31.3 Å². The van der Waals surface area contributed by atoms with E-state index >= 15 is 0 Å². The lowest BCUT2D eigenvalue weighted by Gasteiger charge is -2.23. The first-order chi connectivity index (χ1) is 6.45. The van der Waals surface area contributed by atoms with Crippen molar-refractivity contribution in [3.05, 3.63) is 53.0 Å². The van der Waals surface area contributed by atoms with Crippen molar-refractivity contribution in [3.63, 3.8) is 0 Å². The number of hydrogen-bond donors (Lipinski definition) is 0. The fourth-order valence-corrected chi connectivity index (χ4v) is 2.50. The van der Waals surface area contributed by atoms with Crippen LogP contribution in [0.5, 0.6) is 0 Å². The first kappa shape index (κ1) is 7.37. The molecule has 0 aromatic rings. The highest BCUT2D eigenvalue weighted by Crippen LogP contribution is 2.40. The first-order valence-electron chi connectivity index (χ1n) is 5.08. The predicted octanol–water partition coefficient (Wildman–Crippen LogP) is 3.50. The average molecular weight is 169 g/mol. The van der Waals surface area contributed by atoms with Crippen molar-refractivity contribution in [3.8, 4) is 0 Å². The number of allylic oxidation sites excluding steroid dienone is 8. The summed E-state index contributed by atoms with van der Waals surface area (Å²) in [4.78, 5) is 0. The van der Waals surface area contributed by atoms with Gasteiger partial charge in [-0.15, -0.1) is 0 Å². The summed E-state index contributed by atoms with van der Waals surface area (Å²) in [6.07, 6.45) is 16.4. The van der Waals surface area contributed by atoms with Gasteiger partial charge in [0.25, 0.3) is 0 Å². The minimum Gasteiger partial charge on any atom is -0.0839 e. The van der Waals surface area contributed by atoms with Crippen LogP contribution in [0.1, 0.15) is 25.7 Å². The zero-order chi connectivity index (χ0) is 8.67. The van der Waals surface area contributed by atoms with E-state index in [4.69, 9.17) is 0 Å². The Morgan fingerprint density at radius 2 is 1.85 bits per heavy atom. The van der Waals surface area contributed by atoms with Gasteiger partial charge in [-0.3, -0.25) is 0 Å². The monoisotopic (exact) mass is 169 g/mol. The maximum atomic E-state index is 2.33. The molecule has 0 aromatic carbocycles. The van der Waals surface area contributed by atoms with Gasteiger partial charge in [0, 0.05) is 6.42 Å². The molecule has 65 valence electrons. The van der Waals surface area contributed by atoms with Crippen molar-refractivity contribution in [2.75, 3.05) is 0 Å². The predicted molar refractivity (Wildman–Crippen MR) is 55.1 cm³/mol. The molecule has 0 saturated heterocycles. The lowest BCUT2D eigenvalue weighted by atomic mass is 9.82. The van der Waals surface area contributed by atoms with Gasteiger partial charge >= 0.3 is 0 Å². The second kappa shape index (κ2) is 2.73. The van der Waals surface area contributed by atoms with Crippen molar-refractivity contribution in [1.82, 2.24) is 0 Å². The Morgan fingerprint density at radius 1 is 0.923 bits per heavy atom. The van der Waals surface area contributed by atoms with Crippen LogP contribution in [0, 0.1) is 6.42 Å². The average Bonchev–Trinajstić information content (AvgIpc) is 2.65. The number of hydrogen-bond acceptors (Lipinski definition) is 0. The van der Waals surface area contributed by atoms with Crippen LogP contribution in [0.3, 0.4) is 0 Å². The van der Waals surface area contributed by atoms with Gasteiger partial charge in [0.2, 0.25) is 0 Å². The Balaban J connectivity index is 2.08. The van der Waals surface area contributed by atoms with Gasteiger partial charge in [-0.25, -0.2) is 0 Å². The molecule has 0 fully saturated rings.